The number of pyridine rings is 1. The van der Waals surface area contributed by atoms with Crippen LogP contribution >= 0.6 is 0 Å². The summed E-state index contributed by atoms with van der Waals surface area (Å²) in [5.74, 6) is 0.666. The van der Waals surface area contributed by atoms with Gasteiger partial charge in [0.15, 0.2) is 0 Å². The van der Waals surface area contributed by atoms with Crippen molar-refractivity contribution < 1.29 is 9.13 Å². The lowest BCUT2D eigenvalue weighted by Crippen LogP contribution is -2.01. The van der Waals surface area contributed by atoms with Crippen molar-refractivity contribution >= 4 is 0 Å². The number of benzene rings is 2. The van der Waals surface area contributed by atoms with Crippen molar-refractivity contribution in [2.24, 2.45) is 0 Å². The van der Waals surface area contributed by atoms with Crippen LogP contribution in [-0.4, -0.2) is 31.8 Å². The number of nitrogens with zero attached hydrogens (tertiary/aromatic N) is 5. The van der Waals surface area contributed by atoms with Gasteiger partial charge in [-0.25, -0.2) is 4.39 Å². The summed E-state index contributed by atoms with van der Waals surface area (Å²) in [6.07, 6.45) is 1.65. The number of halogens is 1. The fraction of sp³-hybridized carbons (Fsp3) is 0.100. The highest BCUT2D eigenvalue weighted by Gasteiger charge is 2.12. The van der Waals surface area contributed by atoms with Crippen LogP contribution in [0.3, 0.4) is 0 Å². The quantitative estimate of drug-likeness (QED) is 0.539. The summed E-state index contributed by atoms with van der Waals surface area (Å²) < 4.78 is 20.0. The molecule has 0 aliphatic heterocycles. The summed E-state index contributed by atoms with van der Waals surface area (Å²) in [7, 11) is 0. The SMILES string of the molecule is CCOc1ccccc1-c1cc(F)cc(-n2nnc(-c3ccccn3)n2)c1. The zero-order chi connectivity index (χ0) is 18.6. The standard InChI is InChI=1S/C20H16FN5O/c1-2-27-19-9-4-3-7-17(19)14-11-15(21)13-16(12-14)26-24-20(23-25-26)18-8-5-6-10-22-18/h3-13H,2H2,1H3. The van der Waals surface area contributed by atoms with Gasteiger partial charge in [-0.3, -0.25) is 4.98 Å². The summed E-state index contributed by atoms with van der Waals surface area (Å²) >= 11 is 0. The second-order valence-electron chi connectivity index (χ2n) is 5.74. The van der Waals surface area contributed by atoms with Gasteiger partial charge in [-0.1, -0.05) is 24.3 Å². The Kier molecular flexibility index (Phi) is 4.57. The van der Waals surface area contributed by atoms with Gasteiger partial charge in [0.05, 0.1) is 12.3 Å². The Morgan fingerprint density at radius 2 is 1.89 bits per heavy atom. The van der Waals surface area contributed by atoms with E-state index in [1.54, 1.807) is 18.3 Å². The number of para-hydroxylation sites is 1. The van der Waals surface area contributed by atoms with E-state index in [1.807, 2.05) is 43.3 Å². The molecule has 2 aromatic heterocycles. The smallest absolute Gasteiger partial charge is 0.223 e. The molecule has 7 heteroatoms. The minimum Gasteiger partial charge on any atom is -0.493 e. The molecule has 134 valence electrons. The van der Waals surface area contributed by atoms with Gasteiger partial charge >= 0.3 is 0 Å². The van der Waals surface area contributed by atoms with Crippen LogP contribution in [0.15, 0.2) is 66.9 Å². The van der Waals surface area contributed by atoms with Crippen molar-refractivity contribution in [1.82, 2.24) is 25.2 Å². The van der Waals surface area contributed by atoms with E-state index >= 15 is 0 Å². The summed E-state index contributed by atoms with van der Waals surface area (Å²) in [6, 6.07) is 17.6. The van der Waals surface area contributed by atoms with Crippen molar-refractivity contribution in [2.45, 2.75) is 6.92 Å². The second kappa shape index (κ2) is 7.33. The summed E-state index contributed by atoms with van der Waals surface area (Å²) in [5.41, 5.74) is 2.53. The van der Waals surface area contributed by atoms with Crippen molar-refractivity contribution in [1.29, 1.82) is 0 Å². The highest BCUT2D eigenvalue weighted by Crippen LogP contribution is 2.31. The van der Waals surface area contributed by atoms with E-state index in [9.17, 15) is 4.39 Å². The lowest BCUT2D eigenvalue weighted by Gasteiger charge is -2.11. The number of tetrazole rings is 1. The molecule has 0 aliphatic carbocycles. The minimum atomic E-state index is -0.398. The van der Waals surface area contributed by atoms with Crippen LogP contribution in [0.2, 0.25) is 0 Å². The summed E-state index contributed by atoms with van der Waals surface area (Å²) in [4.78, 5) is 5.49. The van der Waals surface area contributed by atoms with E-state index < -0.39 is 5.82 Å². The normalized spacial score (nSPS) is 10.7. The van der Waals surface area contributed by atoms with Gasteiger partial charge in [0.1, 0.15) is 17.3 Å². The third-order valence-corrected chi connectivity index (χ3v) is 3.92. The number of aromatic nitrogens is 5. The van der Waals surface area contributed by atoms with E-state index in [4.69, 9.17) is 4.74 Å². The van der Waals surface area contributed by atoms with Crippen molar-refractivity contribution in [3.8, 4) is 34.1 Å². The molecule has 0 unspecified atom stereocenters. The molecule has 0 atom stereocenters. The maximum absolute atomic E-state index is 14.3. The zero-order valence-corrected chi connectivity index (χ0v) is 14.6. The lowest BCUT2D eigenvalue weighted by molar-refractivity contribution is 0.341. The molecule has 0 saturated carbocycles. The molecule has 6 nitrogen and oxygen atoms in total. The number of hydrogen-bond acceptors (Lipinski definition) is 5. The lowest BCUT2D eigenvalue weighted by atomic mass is 10.0. The molecule has 2 heterocycles. The highest BCUT2D eigenvalue weighted by molar-refractivity contribution is 5.72. The van der Waals surface area contributed by atoms with Crippen LogP contribution < -0.4 is 4.74 Å². The molecule has 0 fully saturated rings. The molecule has 0 radical (unpaired) electrons. The molecule has 4 rings (SSSR count). The first-order valence-corrected chi connectivity index (χ1v) is 8.49. The van der Waals surface area contributed by atoms with Crippen molar-refractivity contribution in [3.63, 3.8) is 0 Å². The molecule has 0 N–H and O–H groups in total. The summed E-state index contributed by atoms with van der Waals surface area (Å²) in [5, 5.41) is 12.4. The Balaban J connectivity index is 1.75. The van der Waals surface area contributed by atoms with Crippen LogP contribution in [0.1, 0.15) is 6.92 Å². The van der Waals surface area contributed by atoms with E-state index in [0.29, 0.717) is 35.1 Å². The van der Waals surface area contributed by atoms with Gasteiger partial charge in [-0.15, -0.1) is 15.0 Å². The van der Waals surface area contributed by atoms with Gasteiger partial charge in [0.25, 0.3) is 0 Å². The largest absolute Gasteiger partial charge is 0.493 e. The van der Waals surface area contributed by atoms with Gasteiger partial charge in [-0.2, -0.15) is 0 Å². The first kappa shape index (κ1) is 16.8. The average molecular weight is 361 g/mol. The Bertz CT molecular complexity index is 1060. The first-order chi connectivity index (χ1) is 13.2. The maximum atomic E-state index is 14.3. The molecular formula is C20H16FN5O. The predicted molar refractivity (Wildman–Crippen MR) is 98.9 cm³/mol. The first-order valence-electron chi connectivity index (χ1n) is 8.49. The van der Waals surface area contributed by atoms with E-state index in [-0.39, 0.29) is 0 Å². The van der Waals surface area contributed by atoms with Gasteiger partial charge in [0, 0.05) is 17.8 Å². The minimum absolute atomic E-state index is 0.371. The van der Waals surface area contributed by atoms with Crippen LogP contribution in [-0.2, 0) is 0 Å². The maximum Gasteiger partial charge on any atom is 0.223 e. The van der Waals surface area contributed by atoms with Crippen LogP contribution in [0, 0.1) is 5.82 Å². The molecule has 0 aliphatic rings. The molecule has 0 saturated heterocycles. The average Bonchev–Trinajstić information content (AvgIpc) is 3.19. The topological polar surface area (TPSA) is 65.7 Å². The van der Waals surface area contributed by atoms with Crippen LogP contribution in [0.25, 0.3) is 28.3 Å². The van der Waals surface area contributed by atoms with E-state index in [2.05, 4.69) is 20.4 Å². The Morgan fingerprint density at radius 1 is 1.04 bits per heavy atom. The number of hydrogen-bond donors (Lipinski definition) is 0. The highest BCUT2D eigenvalue weighted by atomic mass is 19.1. The Labute approximate surface area is 155 Å². The summed E-state index contributed by atoms with van der Waals surface area (Å²) in [6.45, 7) is 2.43. The zero-order valence-electron chi connectivity index (χ0n) is 14.6. The second-order valence-corrected chi connectivity index (χ2v) is 5.74. The monoisotopic (exact) mass is 361 g/mol. The third-order valence-electron chi connectivity index (χ3n) is 3.92. The van der Waals surface area contributed by atoms with Crippen molar-refractivity contribution in [2.75, 3.05) is 6.61 Å². The van der Waals surface area contributed by atoms with E-state index in [0.717, 1.165) is 5.56 Å². The van der Waals surface area contributed by atoms with Crippen LogP contribution in [0.4, 0.5) is 4.39 Å². The van der Waals surface area contributed by atoms with E-state index in [1.165, 1.54) is 16.9 Å². The number of ether oxygens (including phenoxy) is 1. The molecule has 0 spiro atoms. The third kappa shape index (κ3) is 3.52. The molecule has 4 aromatic rings. The fourth-order valence-electron chi connectivity index (χ4n) is 2.75. The molecule has 27 heavy (non-hydrogen) atoms. The number of rotatable bonds is 5. The van der Waals surface area contributed by atoms with Crippen LogP contribution in [0.5, 0.6) is 5.75 Å². The van der Waals surface area contributed by atoms with Gasteiger partial charge < -0.3 is 4.74 Å². The van der Waals surface area contributed by atoms with Gasteiger partial charge in [-0.05, 0) is 48.0 Å². The van der Waals surface area contributed by atoms with Crippen molar-refractivity contribution in [3.05, 3.63) is 72.7 Å². The Hall–Kier alpha value is -3.61. The molecular weight excluding hydrogens is 345 g/mol. The van der Waals surface area contributed by atoms with Gasteiger partial charge in [0.2, 0.25) is 5.82 Å². The predicted octanol–water partition coefficient (Wildman–Crippen LogP) is 3.93. The fourth-order valence-corrected chi connectivity index (χ4v) is 2.75. The Morgan fingerprint density at radius 3 is 2.70 bits per heavy atom. The molecule has 2 aromatic carbocycles. The molecule has 0 bridgehead atoms. The molecule has 0 amide bonds.